The van der Waals surface area contributed by atoms with E-state index in [4.69, 9.17) is 23.8 Å². The summed E-state index contributed by atoms with van der Waals surface area (Å²) in [7, 11) is 0. The van der Waals surface area contributed by atoms with Crippen molar-refractivity contribution in [3.05, 3.63) is 211 Å². The first kappa shape index (κ1) is 38.5. The van der Waals surface area contributed by atoms with Gasteiger partial charge in [0.05, 0.1) is 11.6 Å². The Balaban J connectivity index is 0.905. The zero-order valence-electron chi connectivity index (χ0n) is 36.6. The van der Waals surface area contributed by atoms with Crippen LogP contribution in [-0.2, 0) is 5.41 Å². The monoisotopic (exact) mass is 858 g/mol. The highest BCUT2D eigenvalue weighted by Crippen LogP contribution is 2.50. The molecular weight excluding hydrogens is 821 g/mol. The van der Waals surface area contributed by atoms with Crippen LogP contribution in [0.1, 0.15) is 30.5 Å². The van der Waals surface area contributed by atoms with Crippen molar-refractivity contribution in [2.24, 2.45) is 0 Å². The molecular formula is C61H38N4O2. The first-order valence-corrected chi connectivity index (χ1v) is 22.5. The van der Waals surface area contributed by atoms with Gasteiger partial charge in [0.1, 0.15) is 22.3 Å². The topological polar surface area (TPSA) is 88.7 Å². The molecule has 0 fully saturated rings. The third-order valence-electron chi connectivity index (χ3n) is 13.6. The van der Waals surface area contributed by atoms with Crippen molar-refractivity contribution in [3.63, 3.8) is 0 Å². The molecule has 13 rings (SSSR count). The molecule has 3 heterocycles. The largest absolute Gasteiger partial charge is 0.456 e. The SMILES string of the molecule is CC1(C)c2cc(C#N)ccc2-c2ccc(-c3ccc(-c4nc(-c5ccc6c(c5)oc5ccc(-c7ccccc7)cc56)nc(-c5ccc6c(c5)oc5ccc(-c7ccccc7)cc56)n4)cc3)cc21. The number of fused-ring (bicyclic) bond motifs is 9. The van der Waals surface area contributed by atoms with Crippen LogP contribution in [0.5, 0.6) is 0 Å². The van der Waals surface area contributed by atoms with Gasteiger partial charge in [-0.3, -0.25) is 0 Å². The summed E-state index contributed by atoms with van der Waals surface area (Å²) >= 11 is 0. The van der Waals surface area contributed by atoms with E-state index in [0.717, 1.165) is 93.9 Å². The van der Waals surface area contributed by atoms with Crippen LogP contribution in [0.3, 0.4) is 0 Å². The van der Waals surface area contributed by atoms with E-state index in [1.54, 1.807) is 0 Å². The summed E-state index contributed by atoms with van der Waals surface area (Å²) in [5, 5.41) is 13.8. The number of hydrogen-bond donors (Lipinski definition) is 0. The molecule has 6 nitrogen and oxygen atoms in total. The van der Waals surface area contributed by atoms with Gasteiger partial charge in [-0.15, -0.1) is 0 Å². The summed E-state index contributed by atoms with van der Waals surface area (Å²) in [4.78, 5) is 15.4. The fourth-order valence-electron chi connectivity index (χ4n) is 10.0. The first-order chi connectivity index (χ1) is 32.8. The van der Waals surface area contributed by atoms with Gasteiger partial charge in [0.2, 0.25) is 0 Å². The van der Waals surface area contributed by atoms with Gasteiger partial charge in [-0.2, -0.15) is 5.26 Å². The smallest absolute Gasteiger partial charge is 0.164 e. The van der Waals surface area contributed by atoms with Gasteiger partial charge >= 0.3 is 0 Å². The molecule has 0 bridgehead atoms. The van der Waals surface area contributed by atoms with Crippen LogP contribution in [0.4, 0.5) is 0 Å². The van der Waals surface area contributed by atoms with E-state index in [0.29, 0.717) is 23.0 Å². The Kier molecular flexibility index (Phi) is 8.52. The number of furan rings is 2. The van der Waals surface area contributed by atoms with Crippen molar-refractivity contribution in [1.29, 1.82) is 5.26 Å². The van der Waals surface area contributed by atoms with Crippen molar-refractivity contribution in [1.82, 2.24) is 15.0 Å². The van der Waals surface area contributed by atoms with Crippen molar-refractivity contribution in [3.8, 4) is 84.7 Å². The van der Waals surface area contributed by atoms with Gasteiger partial charge < -0.3 is 8.83 Å². The number of hydrogen-bond acceptors (Lipinski definition) is 6. The Hall–Kier alpha value is -8.92. The van der Waals surface area contributed by atoms with E-state index < -0.39 is 0 Å². The van der Waals surface area contributed by atoms with Gasteiger partial charge in [-0.25, -0.2) is 15.0 Å². The molecule has 0 saturated heterocycles. The van der Waals surface area contributed by atoms with E-state index in [1.807, 2.05) is 48.5 Å². The molecule has 6 heteroatoms. The number of nitriles is 1. The molecule has 0 unspecified atom stereocenters. The average molecular weight is 859 g/mol. The van der Waals surface area contributed by atoms with Crippen LogP contribution in [0, 0.1) is 11.3 Å². The second-order valence-electron chi connectivity index (χ2n) is 17.9. The van der Waals surface area contributed by atoms with Crippen LogP contribution < -0.4 is 0 Å². The van der Waals surface area contributed by atoms with Gasteiger partial charge in [0.15, 0.2) is 17.5 Å². The van der Waals surface area contributed by atoms with Crippen LogP contribution in [0.2, 0.25) is 0 Å². The molecule has 0 amide bonds. The molecule has 314 valence electrons. The van der Waals surface area contributed by atoms with Crippen molar-refractivity contribution in [2.75, 3.05) is 0 Å². The predicted octanol–water partition coefficient (Wildman–Crippen LogP) is 15.9. The molecule has 0 N–H and O–H groups in total. The number of nitrogens with zero attached hydrogens (tertiary/aromatic N) is 4. The van der Waals surface area contributed by atoms with Gasteiger partial charge in [0.25, 0.3) is 0 Å². The van der Waals surface area contributed by atoms with Crippen molar-refractivity contribution < 1.29 is 8.83 Å². The maximum Gasteiger partial charge on any atom is 0.164 e. The Labute approximate surface area is 386 Å². The average Bonchev–Trinajstić information content (AvgIpc) is 4.02. The highest BCUT2D eigenvalue weighted by atomic mass is 16.3. The summed E-state index contributed by atoms with van der Waals surface area (Å²) in [6, 6.07) is 69.4. The summed E-state index contributed by atoms with van der Waals surface area (Å²) in [5.74, 6) is 1.63. The highest BCUT2D eigenvalue weighted by Gasteiger charge is 2.36. The maximum atomic E-state index is 9.63. The minimum Gasteiger partial charge on any atom is -0.456 e. The zero-order chi connectivity index (χ0) is 44.8. The van der Waals surface area contributed by atoms with E-state index in [2.05, 4.69) is 166 Å². The number of rotatable bonds is 6. The molecule has 0 saturated carbocycles. The quantitative estimate of drug-likeness (QED) is 0.165. The lowest BCUT2D eigenvalue weighted by molar-refractivity contribution is 0.660. The third kappa shape index (κ3) is 6.35. The molecule has 0 aliphatic heterocycles. The Morgan fingerprint density at radius 2 is 0.776 bits per heavy atom. The molecule has 0 spiro atoms. The molecule has 67 heavy (non-hydrogen) atoms. The molecule has 9 aromatic carbocycles. The first-order valence-electron chi connectivity index (χ1n) is 22.5. The molecule has 3 aromatic heterocycles. The fraction of sp³-hybridized carbons (Fsp3) is 0.0492. The second kappa shape index (κ2) is 14.8. The number of aromatic nitrogens is 3. The van der Waals surface area contributed by atoms with Gasteiger partial charge in [-0.1, -0.05) is 141 Å². The highest BCUT2D eigenvalue weighted by molar-refractivity contribution is 6.08. The van der Waals surface area contributed by atoms with Crippen LogP contribution in [0.25, 0.3) is 123 Å². The second-order valence-corrected chi connectivity index (χ2v) is 17.9. The number of benzene rings is 9. The van der Waals surface area contributed by atoms with E-state index >= 15 is 0 Å². The predicted molar refractivity (Wildman–Crippen MR) is 269 cm³/mol. The zero-order valence-corrected chi connectivity index (χ0v) is 36.6. The lowest BCUT2D eigenvalue weighted by Crippen LogP contribution is -2.15. The summed E-state index contributed by atoms with van der Waals surface area (Å²) in [5.41, 5.74) is 17.7. The Bertz CT molecular complexity index is 3830. The van der Waals surface area contributed by atoms with Gasteiger partial charge in [-0.05, 0) is 122 Å². The van der Waals surface area contributed by atoms with E-state index in [9.17, 15) is 5.26 Å². The molecule has 12 aromatic rings. The minimum atomic E-state index is -0.238. The Morgan fingerprint density at radius 1 is 0.358 bits per heavy atom. The van der Waals surface area contributed by atoms with Crippen molar-refractivity contribution in [2.45, 2.75) is 19.3 Å². The molecule has 1 aliphatic rings. The lowest BCUT2D eigenvalue weighted by atomic mass is 9.81. The van der Waals surface area contributed by atoms with Crippen LogP contribution in [0.15, 0.2) is 203 Å². The maximum absolute atomic E-state index is 9.63. The van der Waals surface area contributed by atoms with Crippen LogP contribution >= 0.6 is 0 Å². The van der Waals surface area contributed by atoms with Crippen molar-refractivity contribution >= 4 is 43.9 Å². The Morgan fingerprint density at radius 3 is 1.31 bits per heavy atom. The normalized spacial score (nSPS) is 12.7. The lowest BCUT2D eigenvalue weighted by Gasteiger charge is -2.22. The minimum absolute atomic E-state index is 0.238. The van der Waals surface area contributed by atoms with Crippen LogP contribution in [-0.4, -0.2) is 15.0 Å². The summed E-state index contributed by atoms with van der Waals surface area (Å²) in [6.45, 7) is 4.48. The molecule has 0 atom stereocenters. The molecule has 1 aliphatic carbocycles. The molecule has 0 radical (unpaired) electrons. The van der Waals surface area contributed by atoms with Gasteiger partial charge in [0, 0.05) is 43.7 Å². The third-order valence-corrected chi connectivity index (χ3v) is 13.6. The standard InChI is InChI=1S/C61H38N4O2/c1-61(2)52-29-36(35-62)13-23-46(52)47-24-18-43(32-53(47)61)39-14-16-40(17-15-39)58-63-59(44-19-25-48-50-30-41(37-9-5-3-6-10-37)21-27-54(50)66-56(48)33-44)65-60(64-58)45-20-26-49-51-31-42(38-11-7-4-8-12-38)22-28-55(51)67-57(49)34-45/h3-34H,1-2H3. The fourth-order valence-corrected chi connectivity index (χ4v) is 10.0. The summed E-state index contributed by atoms with van der Waals surface area (Å²) in [6.07, 6.45) is 0. The van der Waals surface area contributed by atoms with E-state index in [1.165, 1.54) is 22.3 Å². The summed E-state index contributed by atoms with van der Waals surface area (Å²) < 4.78 is 13.0. The van der Waals surface area contributed by atoms with E-state index in [-0.39, 0.29) is 5.41 Å².